The van der Waals surface area contributed by atoms with Gasteiger partial charge in [0, 0.05) is 11.4 Å². The summed E-state index contributed by atoms with van der Waals surface area (Å²) in [5.74, 6) is 1.43. The van der Waals surface area contributed by atoms with E-state index in [0.29, 0.717) is 11.4 Å². The van der Waals surface area contributed by atoms with Crippen LogP contribution in [0.15, 0.2) is 41.0 Å². The van der Waals surface area contributed by atoms with Crippen molar-refractivity contribution in [1.82, 2.24) is 4.98 Å². The van der Waals surface area contributed by atoms with E-state index in [-0.39, 0.29) is 0 Å². The van der Waals surface area contributed by atoms with Gasteiger partial charge in [-0.15, -0.1) is 0 Å². The van der Waals surface area contributed by atoms with Crippen LogP contribution in [0.5, 0.6) is 11.5 Å². The monoisotopic (exact) mass is 278 g/mol. The van der Waals surface area contributed by atoms with Gasteiger partial charge in [-0.2, -0.15) is 0 Å². The summed E-state index contributed by atoms with van der Waals surface area (Å²) in [7, 11) is 0. The average molecular weight is 279 g/mol. The average Bonchev–Trinajstić information content (AvgIpc) is 2.25. The Morgan fingerprint density at radius 3 is 2.69 bits per heavy atom. The molecule has 0 atom stereocenters. The number of aromatic nitrogens is 1. The van der Waals surface area contributed by atoms with Gasteiger partial charge < -0.3 is 10.5 Å². The Morgan fingerprint density at radius 2 is 2.06 bits per heavy atom. The van der Waals surface area contributed by atoms with Gasteiger partial charge in [0.25, 0.3) is 0 Å². The van der Waals surface area contributed by atoms with E-state index in [1.807, 2.05) is 25.1 Å². The quantitative estimate of drug-likeness (QED) is 0.855. The smallest absolute Gasteiger partial charge is 0.145 e. The number of halogens is 1. The number of rotatable bonds is 2. The molecule has 1 aromatic carbocycles. The topological polar surface area (TPSA) is 48.1 Å². The molecule has 2 N–H and O–H groups in total. The number of aryl methyl sites for hydroxylation is 1. The lowest BCUT2D eigenvalue weighted by Crippen LogP contribution is -1.89. The van der Waals surface area contributed by atoms with Crippen molar-refractivity contribution < 1.29 is 4.74 Å². The minimum atomic E-state index is 0.696. The van der Waals surface area contributed by atoms with E-state index in [4.69, 9.17) is 10.5 Å². The molecule has 0 aliphatic carbocycles. The lowest BCUT2D eigenvalue weighted by atomic mass is 10.3. The van der Waals surface area contributed by atoms with Gasteiger partial charge in [0.15, 0.2) is 0 Å². The van der Waals surface area contributed by atoms with Crippen LogP contribution in [0.25, 0.3) is 0 Å². The summed E-state index contributed by atoms with van der Waals surface area (Å²) < 4.78 is 6.48. The molecule has 0 radical (unpaired) electrons. The molecule has 1 aromatic heterocycles. The van der Waals surface area contributed by atoms with E-state index in [9.17, 15) is 0 Å². The number of nitrogens with zero attached hydrogens (tertiary/aromatic N) is 1. The number of hydrogen-bond acceptors (Lipinski definition) is 3. The summed E-state index contributed by atoms with van der Waals surface area (Å²) in [4.78, 5) is 4.16. The van der Waals surface area contributed by atoms with Gasteiger partial charge in [0.2, 0.25) is 0 Å². The van der Waals surface area contributed by atoms with Crippen LogP contribution in [-0.4, -0.2) is 4.98 Å². The molecule has 1 heterocycles. The molecule has 0 unspecified atom stereocenters. The van der Waals surface area contributed by atoms with Crippen molar-refractivity contribution in [2.45, 2.75) is 6.92 Å². The van der Waals surface area contributed by atoms with E-state index >= 15 is 0 Å². The van der Waals surface area contributed by atoms with Gasteiger partial charge in [-0.25, -0.2) is 0 Å². The number of pyridine rings is 1. The molecule has 82 valence electrons. The van der Waals surface area contributed by atoms with Crippen molar-refractivity contribution in [3.63, 3.8) is 0 Å². The van der Waals surface area contributed by atoms with Crippen molar-refractivity contribution >= 4 is 21.6 Å². The number of benzene rings is 1. The normalized spacial score (nSPS) is 10.1. The second kappa shape index (κ2) is 4.53. The molecule has 0 saturated heterocycles. The third-order valence-electron chi connectivity index (χ3n) is 2.07. The van der Waals surface area contributed by atoms with Gasteiger partial charge in [0.05, 0.1) is 10.7 Å². The second-order valence-corrected chi connectivity index (χ2v) is 4.28. The zero-order valence-electron chi connectivity index (χ0n) is 8.77. The minimum absolute atomic E-state index is 0.696. The summed E-state index contributed by atoms with van der Waals surface area (Å²) >= 11 is 3.39. The molecule has 3 nitrogen and oxygen atoms in total. The highest BCUT2D eigenvalue weighted by Gasteiger charge is 2.03. The fourth-order valence-corrected chi connectivity index (χ4v) is 1.72. The van der Waals surface area contributed by atoms with Gasteiger partial charge in [-0.3, -0.25) is 4.98 Å². The summed E-state index contributed by atoms with van der Waals surface area (Å²) in [6.45, 7) is 1.93. The first kappa shape index (κ1) is 11.0. The van der Waals surface area contributed by atoms with Crippen LogP contribution in [0.3, 0.4) is 0 Å². The summed E-state index contributed by atoms with van der Waals surface area (Å²) in [5, 5.41) is 0. The first-order valence-corrected chi connectivity index (χ1v) is 5.60. The zero-order chi connectivity index (χ0) is 11.5. The van der Waals surface area contributed by atoms with Crippen molar-refractivity contribution in [3.8, 4) is 11.5 Å². The van der Waals surface area contributed by atoms with Crippen molar-refractivity contribution in [2.75, 3.05) is 5.73 Å². The fourth-order valence-electron chi connectivity index (χ4n) is 1.24. The molecule has 4 heteroatoms. The lowest BCUT2D eigenvalue weighted by Gasteiger charge is -2.07. The standard InChI is InChI=1S/C12H11BrN2O/c1-8-2-4-10(7-15-8)16-12-5-3-9(14)6-11(12)13/h2-7H,14H2,1H3. The Balaban J connectivity index is 2.23. The highest BCUT2D eigenvalue weighted by atomic mass is 79.9. The number of ether oxygens (including phenoxy) is 1. The molecule has 0 spiro atoms. The number of hydrogen-bond donors (Lipinski definition) is 1. The molecule has 2 rings (SSSR count). The van der Waals surface area contributed by atoms with Gasteiger partial charge in [-0.05, 0) is 53.2 Å². The Bertz CT molecular complexity index is 497. The molecule has 0 bridgehead atoms. The Kier molecular flexibility index (Phi) is 3.10. The van der Waals surface area contributed by atoms with Crippen LogP contribution in [0.2, 0.25) is 0 Å². The summed E-state index contributed by atoms with van der Waals surface area (Å²) in [6, 6.07) is 9.20. The largest absolute Gasteiger partial charge is 0.455 e. The Labute approximate surface area is 102 Å². The summed E-state index contributed by atoms with van der Waals surface area (Å²) in [6.07, 6.45) is 1.69. The first-order valence-electron chi connectivity index (χ1n) is 4.81. The van der Waals surface area contributed by atoms with E-state index in [0.717, 1.165) is 15.9 Å². The fraction of sp³-hybridized carbons (Fsp3) is 0.0833. The maximum atomic E-state index is 5.65. The Morgan fingerprint density at radius 1 is 1.25 bits per heavy atom. The zero-order valence-corrected chi connectivity index (χ0v) is 10.4. The van der Waals surface area contributed by atoms with Gasteiger partial charge >= 0.3 is 0 Å². The van der Waals surface area contributed by atoms with E-state index in [2.05, 4.69) is 20.9 Å². The van der Waals surface area contributed by atoms with Crippen LogP contribution >= 0.6 is 15.9 Å². The number of anilines is 1. The number of nitrogens with two attached hydrogens (primary N) is 1. The third kappa shape index (κ3) is 2.52. The van der Waals surface area contributed by atoms with E-state index in [1.54, 1.807) is 18.3 Å². The lowest BCUT2D eigenvalue weighted by molar-refractivity contribution is 0.477. The molecule has 0 amide bonds. The maximum Gasteiger partial charge on any atom is 0.145 e. The number of nitrogen functional groups attached to an aromatic ring is 1. The third-order valence-corrected chi connectivity index (χ3v) is 2.69. The van der Waals surface area contributed by atoms with Gasteiger partial charge in [0.1, 0.15) is 11.5 Å². The molecule has 0 fully saturated rings. The minimum Gasteiger partial charge on any atom is -0.455 e. The molecule has 2 aromatic rings. The summed E-state index contributed by atoms with van der Waals surface area (Å²) in [5.41, 5.74) is 7.30. The maximum absolute atomic E-state index is 5.65. The van der Waals surface area contributed by atoms with Crippen LogP contribution in [0, 0.1) is 6.92 Å². The van der Waals surface area contributed by atoms with E-state index < -0.39 is 0 Å². The van der Waals surface area contributed by atoms with Crippen LogP contribution in [0.1, 0.15) is 5.69 Å². The second-order valence-electron chi connectivity index (χ2n) is 3.43. The first-order chi connectivity index (χ1) is 7.65. The van der Waals surface area contributed by atoms with E-state index in [1.165, 1.54) is 0 Å². The SMILES string of the molecule is Cc1ccc(Oc2ccc(N)cc2Br)cn1. The highest BCUT2D eigenvalue weighted by molar-refractivity contribution is 9.10. The van der Waals surface area contributed by atoms with Crippen LogP contribution in [-0.2, 0) is 0 Å². The molecule has 0 aliphatic heterocycles. The molecule has 0 aliphatic rings. The van der Waals surface area contributed by atoms with Crippen LogP contribution < -0.4 is 10.5 Å². The molecule has 0 saturated carbocycles. The van der Waals surface area contributed by atoms with Crippen LogP contribution in [0.4, 0.5) is 5.69 Å². The van der Waals surface area contributed by atoms with Gasteiger partial charge in [-0.1, -0.05) is 0 Å². The highest BCUT2D eigenvalue weighted by Crippen LogP contribution is 2.30. The van der Waals surface area contributed by atoms with Crippen molar-refractivity contribution in [2.24, 2.45) is 0 Å². The van der Waals surface area contributed by atoms with Crippen molar-refractivity contribution in [1.29, 1.82) is 0 Å². The molecule has 16 heavy (non-hydrogen) atoms. The predicted molar refractivity (Wildman–Crippen MR) is 67.6 cm³/mol. The predicted octanol–water partition coefficient (Wildman–Crippen LogP) is 3.53. The van der Waals surface area contributed by atoms with Crippen molar-refractivity contribution in [3.05, 3.63) is 46.7 Å². The Hall–Kier alpha value is -1.55. The molecular weight excluding hydrogens is 268 g/mol. The molecular formula is C12H11BrN2O.